The van der Waals surface area contributed by atoms with Gasteiger partial charge in [-0.2, -0.15) is 0 Å². The molecule has 0 saturated heterocycles. The minimum atomic E-state index is -0.474. The summed E-state index contributed by atoms with van der Waals surface area (Å²) in [4.78, 5) is 44.3. The van der Waals surface area contributed by atoms with Crippen molar-refractivity contribution in [3.8, 4) is 0 Å². The van der Waals surface area contributed by atoms with Gasteiger partial charge in [-0.1, -0.05) is 0 Å². The molecule has 3 aromatic rings. The van der Waals surface area contributed by atoms with Gasteiger partial charge in [-0.05, 0) is 43.7 Å². The van der Waals surface area contributed by atoms with E-state index >= 15 is 0 Å². The molecule has 0 aliphatic rings. The third kappa shape index (κ3) is 4.29. The number of aryl methyl sites for hydroxylation is 1. The highest BCUT2D eigenvalue weighted by atomic mass is 32.1. The van der Waals surface area contributed by atoms with Crippen molar-refractivity contribution in [1.82, 2.24) is 9.55 Å². The molecule has 8 nitrogen and oxygen atoms in total. The lowest BCUT2D eigenvalue weighted by atomic mass is 10.2. The number of amides is 1. The standard InChI is InChI=1S/C20H22N4O4S/c1-5-28-20(27)17-12(2)16-18(29-17)21-11-24(19(16)26)10-15(25)22-13-6-8-14(9-7-13)23(3)4/h6-9,11H,5,10H2,1-4H3,(H,22,25). The van der Waals surface area contributed by atoms with E-state index in [4.69, 9.17) is 4.74 Å². The molecule has 2 heterocycles. The molecular weight excluding hydrogens is 392 g/mol. The summed E-state index contributed by atoms with van der Waals surface area (Å²) in [6.45, 7) is 3.48. The molecule has 0 fully saturated rings. The van der Waals surface area contributed by atoms with Crippen LogP contribution in [-0.4, -0.2) is 42.1 Å². The summed E-state index contributed by atoms with van der Waals surface area (Å²) in [7, 11) is 3.87. The second-order valence-corrected chi connectivity index (χ2v) is 7.62. The SMILES string of the molecule is CCOC(=O)c1sc2ncn(CC(=O)Nc3ccc(N(C)C)cc3)c(=O)c2c1C. The summed E-state index contributed by atoms with van der Waals surface area (Å²) in [5.41, 5.74) is 1.81. The van der Waals surface area contributed by atoms with Crippen LogP contribution in [-0.2, 0) is 16.1 Å². The molecule has 0 bridgehead atoms. The topological polar surface area (TPSA) is 93.5 Å². The Kier molecular flexibility index (Phi) is 5.97. The molecule has 9 heteroatoms. The van der Waals surface area contributed by atoms with Crippen LogP contribution in [0.1, 0.15) is 22.2 Å². The number of carbonyl (C=O) groups excluding carboxylic acids is 2. The second-order valence-electron chi connectivity index (χ2n) is 6.62. The molecule has 3 rings (SSSR count). The summed E-state index contributed by atoms with van der Waals surface area (Å²) >= 11 is 1.12. The fourth-order valence-corrected chi connectivity index (χ4v) is 3.89. The predicted molar refractivity (Wildman–Crippen MR) is 114 cm³/mol. The van der Waals surface area contributed by atoms with E-state index in [0.717, 1.165) is 17.0 Å². The number of hydrogen-bond donors (Lipinski definition) is 1. The van der Waals surface area contributed by atoms with Gasteiger partial charge in [0.15, 0.2) is 0 Å². The normalized spacial score (nSPS) is 10.8. The van der Waals surface area contributed by atoms with E-state index in [1.165, 1.54) is 10.9 Å². The maximum absolute atomic E-state index is 12.8. The predicted octanol–water partition coefficient (Wildman–Crippen LogP) is 2.65. The van der Waals surface area contributed by atoms with Crippen molar-refractivity contribution in [2.75, 3.05) is 30.9 Å². The third-order valence-electron chi connectivity index (χ3n) is 4.36. The fraction of sp³-hybridized carbons (Fsp3) is 0.300. The van der Waals surface area contributed by atoms with Crippen LogP contribution < -0.4 is 15.8 Å². The third-order valence-corrected chi connectivity index (χ3v) is 5.54. The van der Waals surface area contributed by atoms with Crippen LogP contribution >= 0.6 is 11.3 Å². The summed E-state index contributed by atoms with van der Waals surface area (Å²) < 4.78 is 6.27. The first-order valence-corrected chi connectivity index (χ1v) is 9.86. The van der Waals surface area contributed by atoms with Crippen LogP contribution in [0, 0.1) is 6.92 Å². The average molecular weight is 414 g/mol. The van der Waals surface area contributed by atoms with Crippen LogP contribution in [0.25, 0.3) is 10.2 Å². The number of carbonyl (C=O) groups is 2. The van der Waals surface area contributed by atoms with E-state index < -0.39 is 5.97 Å². The van der Waals surface area contributed by atoms with Gasteiger partial charge in [0, 0.05) is 25.5 Å². The molecule has 0 saturated carbocycles. The summed E-state index contributed by atoms with van der Waals surface area (Å²) in [6, 6.07) is 7.38. The number of aromatic nitrogens is 2. The molecule has 0 spiro atoms. The highest BCUT2D eigenvalue weighted by Crippen LogP contribution is 2.27. The number of nitrogens with zero attached hydrogens (tertiary/aromatic N) is 3. The molecule has 1 aromatic carbocycles. The number of ether oxygens (including phenoxy) is 1. The number of thiophene rings is 1. The zero-order valence-electron chi connectivity index (χ0n) is 16.7. The van der Waals surface area contributed by atoms with Gasteiger partial charge in [0.2, 0.25) is 5.91 Å². The Hall–Kier alpha value is -3.20. The van der Waals surface area contributed by atoms with Gasteiger partial charge in [-0.25, -0.2) is 9.78 Å². The molecule has 1 N–H and O–H groups in total. The van der Waals surface area contributed by atoms with E-state index in [2.05, 4.69) is 10.3 Å². The Labute approximate surface area is 171 Å². The second kappa shape index (κ2) is 8.44. The average Bonchev–Trinajstić information content (AvgIpc) is 3.02. The van der Waals surface area contributed by atoms with Crippen molar-refractivity contribution in [3.63, 3.8) is 0 Å². The Balaban J connectivity index is 1.82. The van der Waals surface area contributed by atoms with E-state index in [9.17, 15) is 14.4 Å². The largest absolute Gasteiger partial charge is 0.462 e. The number of esters is 1. The van der Waals surface area contributed by atoms with Crippen LogP contribution in [0.5, 0.6) is 0 Å². The molecule has 0 atom stereocenters. The number of hydrogen-bond acceptors (Lipinski definition) is 7. The molecule has 0 unspecified atom stereocenters. The lowest BCUT2D eigenvalue weighted by molar-refractivity contribution is -0.116. The lowest BCUT2D eigenvalue weighted by Crippen LogP contribution is -2.27. The van der Waals surface area contributed by atoms with E-state index in [0.29, 0.717) is 26.3 Å². The first kappa shape index (κ1) is 20.5. The quantitative estimate of drug-likeness (QED) is 0.624. The van der Waals surface area contributed by atoms with Crippen molar-refractivity contribution in [1.29, 1.82) is 0 Å². The molecule has 1 amide bonds. The van der Waals surface area contributed by atoms with Gasteiger partial charge < -0.3 is 15.0 Å². The maximum atomic E-state index is 12.8. The van der Waals surface area contributed by atoms with Crippen molar-refractivity contribution in [2.45, 2.75) is 20.4 Å². The summed E-state index contributed by atoms with van der Waals surface area (Å²) in [5, 5.41) is 3.11. The first-order valence-electron chi connectivity index (χ1n) is 9.04. The summed E-state index contributed by atoms with van der Waals surface area (Å²) in [6.07, 6.45) is 1.32. The zero-order chi connectivity index (χ0) is 21.1. The highest BCUT2D eigenvalue weighted by Gasteiger charge is 2.20. The lowest BCUT2D eigenvalue weighted by Gasteiger charge is -2.13. The zero-order valence-corrected chi connectivity index (χ0v) is 17.5. The Bertz CT molecular complexity index is 1120. The minimum Gasteiger partial charge on any atom is -0.462 e. The number of nitrogens with one attached hydrogen (secondary N) is 1. The molecular formula is C20H22N4O4S. The Morgan fingerprint density at radius 2 is 1.93 bits per heavy atom. The van der Waals surface area contributed by atoms with Crippen LogP contribution in [0.3, 0.4) is 0 Å². The number of benzene rings is 1. The van der Waals surface area contributed by atoms with Gasteiger partial charge in [-0.15, -0.1) is 11.3 Å². The van der Waals surface area contributed by atoms with E-state index in [1.807, 2.05) is 31.1 Å². The van der Waals surface area contributed by atoms with Gasteiger partial charge >= 0.3 is 5.97 Å². The maximum Gasteiger partial charge on any atom is 0.348 e. The van der Waals surface area contributed by atoms with Crippen molar-refractivity contribution < 1.29 is 14.3 Å². The van der Waals surface area contributed by atoms with Crippen molar-refractivity contribution >= 4 is 44.8 Å². The Morgan fingerprint density at radius 1 is 1.24 bits per heavy atom. The Morgan fingerprint density at radius 3 is 2.55 bits per heavy atom. The van der Waals surface area contributed by atoms with Gasteiger partial charge in [0.05, 0.1) is 18.3 Å². The highest BCUT2D eigenvalue weighted by molar-refractivity contribution is 7.20. The van der Waals surface area contributed by atoms with Gasteiger partial charge in [0.1, 0.15) is 16.3 Å². The monoisotopic (exact) mass is 414 g/mol. The van der Waals surface area contributed by atoms with E-state index in [-0.39, 0.29) is 24.6 Å². The molecule has 0 aliphatic carbocycles. The van der Waals surface area contributed by atoms with E-state index in [1.54, 1.807) is 26.0 Å². The fourth-order valence-electron chi connectivity index (χ4n) is 2.86. The number of fused-ring (bicyclic) bond motifs is 1. The van der Waals surface area contributed by atoms with Crippen molar-refractivity contribution in [2.24, 2.45) is 0 Å². The molecule has 0 aliphatic heterocycles. The summed E-state index contributed by atoms with van der Waals surface area (Å²) in [5.74, 6) is -0.817. The molecule has 2 aromatic heterocycles. The minimum absolute atomic E-state index is 0.179. The van der Waals surface area contributed by atoms with Crippen molar-refractivity contribution in [3.05, 3.63) is 51.4 Å². The number of rotatable bonds is 6. The van der Waals surface area contributed by atoms with Crippen LogP contribution in [0.2, 0.25) is 0 Å². The molecule has 152 valence electrons. The molecule has 29 heavy (non-hydrogen) atoms. The van der Waals surface area contributed by atoms with Gasteiger partial charge in [-0.3, -0.25) is 14.2 Å². The first-order chi connectivity index (χ1) is 13.8. The van der Waals surface area contributed by atoms with Gasteiger partial charge in [0.25, 0.3) is 5.56 Å². The van der Waals surface area contributed by atoms with Crippen LogP contribution in [0.4, 0.5) is 11.4 Å². The molecule has 0 radical (unpaired) electrons. The van der Waals surface area contributed by atoms with Crippen LogP contribution in [0.15, 0.2) is 35.4 Å². The number of anilines is 2. The smallest absolute Gasteiger partial charge is 0.348 e.